The van der Waals surface area contributed by atoms with Crippen molar-refractivity contribution in [2.45, 2.75) is 78.1 Å². The second kappa shape index (κ2) is 10.5. The van der Waals surface area contributed by atoms with Crippen LogP contribution in [0.25, 0.3) is 11.1 Å². The van der Waals surface area contributed by atoms with Crippen molar-refractivity contribution >= 4 is 8.07 Å². The van der Waals surface area contributed by atoms with Crippen molar-refractivity contribution in [3.63, 3.8) is 0 Å². The predicted octanol–water partition coefficient (Wildman–Crippen LogP) is 9.54. The van der Waals surface area contributed by atoms with Crippen molar-refractivity contribution in [1.82, 2.24) is 0 Å². The van der Waals surface area contributed by atoms with E-state index >= 15 is 0 Å². The molecule has 0 heterocycles. The summed E-state index contributed by atoms with van der Waals surface area (Å²) in [6.45, 7) is 14.9. The molecule has 2 unspecified atom stereocenters. The van der Waals surface area contributed by atoms with Crippen LogP contribution in [-0.4, -0.2) is 8.07 Å². The molecular formula is C33H42Si. The Bertz CT molecular complexity index is 1150. The first-order chi connectivity index (χ1) is 16.3. The lowest BCUT2D eigenvalue weighted by Gasteiger charge is -2.41. The lowest BCUT2D eigenvalue weighted by molar-refractivity contribution is 0.626. The van der Waals surface area contributed by atoms with Gasteiger partial charge >= 0.3 is 0 Å². The van der Waals surface area contributed by atoms with Crippen molar-refractivity contribution < 1.29 is 0 Å². The Kier molecular flexibility index (Phi) is 7.62. The third kappa shape index (κ3) is 5.15. The van der Waals surface area contributed by atoms with Crippen LogP contribution in [0.1, 0.15) is 61.4 Å². The van der Waals surface area contributed by atoms with E-state index in [0.717, 1.165) is 12.8 Å². The van der Waals surface area contributed by atoms with Gasteiger partial charge < -0.3 is 0 Å². The molecule has 0 N–H and O–H groups in total. The molecule has 2 atom stereocenters. The zero-order valence-corrected chi connectivity index (χ0v) is 23.1. The third-order valence-corrected chi connectivity index (χ3v) is 11.9. The molecule has 0 bridgehead atoms. The molecule has 0 aliphatic heterocycles. The Balaban J connectivity index is 1.63. The molecule has 0 saturated carbocycles. The number of aryl methyl sites for hydroxylation is 1. The number of hydrogen-bond donors (Lipinski definition) is 0. The molecule has 1 aliphatic rings. The van der Waals surface area contributed by atoms with E-state index in [9.17, 15) is 0 Å². The second-order valence-electron chi connectivity index (χ2n) is 11.3. The smallest absolute Gasteiger partial charge is 0.0602 e. The fourth-order valence-electron chi connectivity index (χ4n) is 6.63. The SMILES string of the molecule is CCCC1=C(C)Cc2ccccc2C1[Si](C)(C)CC(C)Cc1c(C)cccc1-c1ccccc1. The molecule has 0 amide bonds. The topological polar surface area (TPSA) is 0 Å². The first-order valence-corrected chi connectivity index (χ1v) is 16.5. The predicted molar refractivity (Wildman–Crippen MR) is 152 cm³/mol. The monoisotopic (exact) mass is 466 g/mol. The van der Waals surface area contributed by atoms with Crippen LogP contribution in [0.4, 0.5) is 0 Å². The lowest BCUT2D eigenvalue weighted by Crippen LogP contribution is -2.40. The Morgan fingerprint density at radius 3 is 2.32 bits per heavy atom. The second-order valence-corrected chi connectivity index (χ2v) is 16.3. The molecule has 34 heavy (non-hydrogen) atoms. The average molecular weight is 467 g/mol. The van der Waals surface area contributed by atoms with E-state index in [1.165, 1.54) is 41.1 Å². The quantitative estimate of drug-likeness (QED) is 0.229. The van der Waals surface area contributed by atoms with Gasteiger partial charge in [-0.25, -0.2) is 0 Å². The van der Waals surface area contributed by atoms with E-state index in [1.807, 2.05) is 0 Å². The highest BCUT2D eigenvalue weighted by molar-refractivity contribution is 6.79. The van der Waals surface area contributed by atoms with Gasteiger partial charge in [-0.3, -0.25) is 0 Å². The maximum atomic E-state index is 2.66. The average Bonchev–Trinajstić information content (AvgIpc) is 2.81. The first-order valence-electron chi connectivity index (χ1n) is 13.2. The van der Waals surface area contributed by atoms with Crippen LogP contribution >= 0.6 is 0 Å². The number of benzene rings is 3. The number of fused-ring (bicyclic) bond motifs is 1. The van der Waals surface area contributed by atoms with Crippen molar-refractivity contribution in [2.24, 2.45) is 5.92 Å². The van der Waals surface area contributed by atoms with Crippen LogP contribution < -0.4 is 0 Å². The lowest BCUT2D eigenvalue weighted by atomic mass is 9.84. The van der Waals surface area contributed by atoms with Gasteiger partial charge in [0.15, 0.2) is 0 Å². The van der Waals surface area contributed by atoms with Crippen LogP contribution in [0.15, 0.2) is 83.9 Å². The molecule has 0 saturated heterocycles. The number of hydrogen-bond acceptors (Lipinski definition) is 0. The summed E-state index contributed by atoms with van der Waals surface area (Å²) in [6, 6.07) is 28.4. The summed E-state index contributed by atoms with van der Waals surface area (Å²) in [5.41, 5.74) is 13.0. The van der Waals surface area contributed by atoms with Crippen molar-refractivity contribution in [1.29, 1.82) is 0 Å². The zero-order valence-electron chi connectivity index (χ0n) is 22.1. The highest BCUT2D eigenvalue weighted by Crippen LogP contribution is 2.46. The highest BCUT2D eigenvalue weighted by atomic mass is 28.3. The molecule has 0 radical (unpaired) electrons. The Hall–Kier alpha value is -2.38. The van der Waals surface area contributed by atoms with E-state index in [-0.39, 0.29) is 0 Å². The van der Waals surface area contributed by atoms with Gasteiger partial charge in [-0.1, -0.05) is 123 Å². The molecule has 3 aromatic rings. The van der Waals surface area contributed by atoms with E-state index in [4.69, 9.17) is 0 Å². The molecule has 1 heteroatoms. The van der Waals surface area contributed by atoms with Gasteiger partial charge in [0.2, 0.25) is 0 Å². The molecule has 3 aromatic carbocycles. The number of allylic oxidation sites excluding steroid dienone is 2. The van der Waals surface area contributed by atoms with Gasteiger partial charge in [-0.05, 0) is 72.4 Å². The standard InChI is InChI=1S/C33H42Si/c1-7-14-29-26(4)22-28-18-11-12-19-31(28)33(29)34(5,6)23-24(2)21-32-25(3)15-13-20-30(32)27-16-9-8-10-17-27/h8-13,15-20,24,33H,7,14,21-23H2,1-6H3. The summed E-state index contributed by atoms with van der Waals surface area (Å²) in [5.74, 6) is 0.669. The van der Waals surface area contributed by atoms with Gasteiger partial charge in [0, 0.05) is 5.54 Å². The summed E-state index contributed by atoms with van der Waals surface area (Å²) >= 11 is 0. The van der Waals surface area contributed by atoms with E-state index in [1.54, 1.807) is 22.3 Å². The molecule has 178 valence electrons. The van der Waals surface area contributed by atoms with Crippen LogP contribution in [0, 0.1) is 12.8 Å². The van der Waals surface area contributed by atoms with E-state index in [2.05, 4.69) is 114 Å². The first kappa shape index (κ1) is 24.7. The van der Waals surface area contributed by atoms with Gasteiger partial charge in [-0.2, -0.15) is 0 Å². The maximum Gasteiger partial charge on any atom is 0.0602 e. The van der Waals surface area contributed by atoms with Gasteiger partial charge in [0.25, 0.3) is 0 Å². The fraction of sp³-hybridized carbons (Fsp3) is 0.394. The molecule has 1 aliphatic carbocycles. The Morgan fingerprint density at radius 2 is 1.59 bits per heavy atom. The normalized spacial score (nSPS) is 16.9. The van der Waals surface area contributed by atoms with Gasteiger partial charge in [-0.15, -0.1) is 0 Å². The number of rotatable bonds is 8. The molecule has 0 aromatic heterocycles. The molecule has 0 fully saturated rings. The summed E-state index contributed by atoms with van der Waals surface area (Å²) in [7, 11) is -1.58. The molecular weight excluding hydrogens is 424 g/mol. The highest BCUT2D eigenvalue weighted by Gasteiger charge is 2.39. The van der Waals surface area contributed by atoms with Crippen molar-refractivity contribution in [3.8, 4) is 11.1 Å². The van der Waals surface area contributed by atoms with Crippen LogP contribution in [-0.2, 0) is 12.8 Å². The van der Waals surface area contributed by atoms with E-state index < -0.39 is 8.07 Å². The van der Waals surface area contributed by atoms with Gasteiger partial charge in [0.05, 0.1) is 8.07 Å². The van der Waals surface area contributed by atoms with Crippen LogP contribution in [0.3, 0.4) is 0 Å². The summed E-state index contributed by atoms with van der Waals surface area (Å²) in [6.07, 6.45) is 4.81. The molecule has 4 rings (SSSR count). The Labute approximate surface area is 209 Å². The summed E-state index contributed by atoms with van der Waals surface area (Å²) < 4.78 is 0. The minimum Gasteiger partial charge on any atom is -0.0694 e. The Morgan fingerprint density at radius 1 is 0.882 bits per heavy atom. The minimum absolute atomic E-state index is 0.658. The molecule has 0 nitrogen and oxygen atoms in total. The van der Waals surface area contributed by atoms with Crippen LogP contribution in [0.5, 0.6) is 0 Å². The fourth-order valence-corrected chi connectivity index (χ4v) is 11.3. The van der Waals surface area contributed by atoms with E-state index in [0.29, 0.717) is 11.5 Å². The van der Waals surface area contributed by atoms with Crippen molar-refractivity contribution in [3.05, 3.63) is 106 Å². The molecule has 0 spiro atoms. The third-order valence-electron chi connectivity index (χ3n) is 7.94. The van der Waals surface area contributed by atoms with Gasteiger partial charge in [0.1, 0.15) is 0 Å². The minimum atomic E-state index is -1.58. The summed E-state index contributed by atoms with van der Waals surface area (Å²) in [4.78, 5) is 0. The zero-order chi connectivity index (χ0) is 24.3. The summed E-state index contributed by atoms with van der Waals surface area (Å²) in [5, 5.41) is 0. The largest absolute Gasteiger partial charge is 0.0694 e. The van der Waals surface area contributed by atoms with Crippen LogP contribution in [0.2, 0.25) is 19.1 Å². The van der Waals surface area contributed by atoms with Crippen molar-refractivity contribution in [2.75, 3.05) is 0 Å². The maximum absolute atomic E-state index is 2.66.